The third-order valence-electron chi connectivity index (χ3n) is 21.1. The van der Waals surface area contributed by atoms with E-state index in [1.54, 1.807) is 0 Å². The first-order chi connectivity index (χ1) is 45.2. The van der Waals surface area contributed by atoms with Crippen LogP contribution in [0.4, 0.5) is 0 Å². The summed E-state index contributed by atoms with van der Waals surface area (Å²) in [6, 6.07) is 109. The molecule has 0 aliphatic rings. The van der Waals surface area contributed by atoms with Crippen molar-refractivity contribution in [1.29, 1.82) is 0 Å². The van der Waals surface area contributed by atoms with Gasteiger partial charge in [0.25, 0.3) is 0 Å². The van der Waals surface area contributed by atoms with E-state index >= 15 is 0 Å². The van der Waals surface area contributed by atoms with Gasteiger partial charge in [-0.05, 0) is 469 Å². The molecule has 0 atom stereocenters. The first-order valence-corrected chi connectivity index (χ1v) is 31.9. The van der Waals surface area contributed by atoms with Gasteiger partial charge in [0, 0.05) is 5.56 Å². The van der Waals surface area contributed by atoms with Gasteiger partial charge in [0.2, 0.25) is 0 Å². The van der Waals surface area contributed by atoms with Gasteiger partial charge >= 0.3 is 0 Å². The minimum atomic E-state index is 0.725. The summed E-state index contributed by atoms with van der Waals surface area (Å²) in [6.45, 7) is 0. The summed E-state index contributed by atoms with van der Waals surface area (Å²) in [4.78, 5) is 11.9. The summed E-state index contributed by atoms with van der Waals surface area (Å²) in [6.07, 6.45) is 0.957. The molecule has 0 N–H and O–H groups in total. The van der Waals surface area contributed by atoms with E-state index in [0.717, 1.165) is 28.0 Å². The monoisotopic (exact) mass is 1160 g/mol. The Labute approximate surface area is 524 Å². The lowest BCUT2D eigenvalue weighted by atomic mass is 9.92. The lowest BCUT2D eigenvalue weighted by molar-refractivity contribution is 0.112. The molecule has 0 radical (unpaired) electrons. The van der Waals surface area contributed by atoms with E-state index in [1.807, 2.05) is 12.1 Å². The van der Waals surface area contributed by atoms with Crippen LogP contribution in [-0.4, -0.2) is 6.29 Å². The Hall–Kier alpha value is -12.0. The Morgan fingerprint density at radius 1 is 0.130 bits per heavy atom. The summed E-state index contributed by atoms with van der Waals surface area (Å²) in [7, 11) is 0. The van der Waals surface area contributed by atoms with Gasteiger partial charge in [0.05, 0.1) is 0 Å². The fourth-order valence-electron chi connectivity index (χ4n) is 16.4. The fourth-order valence-corrected chi connectivity index (χ4v) is 16.4. The number of hydrogen-bond acceptors (Lipinski definition) is 1. The van der Waals surface area contributed by atoms with Crippen molar-refractivity contribution >= 4 is 233 Å². The number of fused-ring (bicyclic) bond motifs is 21. The Morgan fingerprint density at radius 3 is 0.424 bits per heavy atom. The van der Waals surface area contributed by atoms with Crippen molar-refractivity contribution in [3.63, 3.8) is 0 Å². The van der Waals surface area contributed by atoms with Crippen LogP contribution in [0.15, 0.2) is 285 Å². The minimum absolute atomic E-state index is 0.725. The first-order valence-electron chi connectivity index (χ1n) is 31.9. The van der Waals surface area contributed by atoms with E-state index in [0.29, 0.717) is 0 Å². The quantitative estimate of drug-likeness (QED) is 0.118. The van der Waals surface area contributed by atoms with Gasteiger partial charge in [-0.15, -0.1) is 0 Å². The average Bonchev–Trinajstić information content (AvgIpc) is 0.773. The molecule has 0 bridgehead atoms. The Balaban J connectivity index is 0.601. The summed E-state index contributed by atoms with van der Waals surface area (Å²) in [5, 5.41) is 52.0. The summed E-state index contributed by atoms with van der Waals surface area (Å²) < 4.78 is 0. The maximum Gasteiger partial charge on any atom is 0.150 e. The molecule has 22 aromatic carbocycles. The second-order valence-corrected chi connectivity index (χ2v) is 26.7. The number of aldehydes is 1. The van der Waals surface area contributed by atoms with Crippen LogP contribution in [0.5, 0.6) is 0 Å². The molecule has 0 unspecified atom stereocenters. The molecule has 0 aromatic heterocycles. The fraction of sp³-hybridized carbons (Fsp3) is 0. The van der Waals surface area contributed by atoms with Crippen LogP contribution in [0, 0.1) is 0 Å². The van der Waals surface area contributed by atoms with E-state index in [2.05, 4.69) is 273 Å². The first kappa shape index (κ1) is 48.9. The lowest BCUT2D eigenvalue weighted by Gasteiger charge is -2.11. The molecule has 0 saturated carbocycles. The molecule has 0 aliphatic heterocycles. The molecule has 1 heteroatoms. The van der Waals surface area contributed by atoms with E-state index in [1.165, 1.54) is 210 Å². The van der Waals surface area contributed by atoms with Crippen molar-refractivity contribution in [2.45, 2.75) is 0 Å². The van der Waals surface area contributed by atoms with Crippen molar-refractivity contribution in [3.8, 4) is 0 Å². The van der Waals surface area contributed by atoms with Crippen molar-refractivity contribution < 1.29 is 4.79 Å². The Kier molecular flexibility index (Phi) is 9.38. The Bertz CT molecular complexity index is 7310. The lowest BCUT2D eigenvalue weighted by Crippen LogP contribution is -1.85. The highest BCUT2D eigenvalue weighted by Gasteiger charge is 2.14. The van der Waals surface area contributed by atoms with E-state index in [9.17, 15) is 4.79 Å². The zero-order valence-corrected chi connectivity index (χ0v) is 49.6. The van der Waals surface area contributed by atoms with Gasteiger partial charge in [0.1, 0.15) is 0 Å². The predicted octanol–water partition coefficient (Wildman–Crippen LogP) is 25.7. The van der Waals surface area contributed by atoms with Crippen molar-refractivity contribution in [3.05, 3.63) is 291 Å². The average molecular weight is 1160 g/mol. The molecule has 0 aliphatic carbocycles. The number of carbonyl (C=O) groups excluding carboxylic acids is 1. The van der Waals surface area contributed by atoms with Gasteiger partial charge in [-0.3, -0.25) is 4.79 Å². The van der Waals surface area contributed by atoms with Gasteiger partial charge in [0.15, 0.2) is 6.29 Å². The summed E-state index contributed by atoms with van der Waals surface area (Å²) in [5.74, 6) is 0. The van der Waals surface area contributed by atoms with Crippen LogP contribution in [0.2, 0.25) is 0 Å². The SMILES string of the molecule is O=Cc1cccc2cc3cc4cc5cc6cc7cc8cc9cc%10cc%11cc%12cc%13cc%14cc%15cc%16cc%17cc%18cc%19cc%20cc%21cc%22ccccc%22cc%21cc%20cc%19cc%18cc%17cc%16cc%15cc%14cc%13cc%12cc%11cc%10cc9cc8cc7cc6cc5cc4cc3cc12. The topological polar surface area (TPSA) is 17.1 Å². The third-order valence-corrected chi connectivity index (χ3v) is 21.1. The van der Waals surface area contributed by atoms with Crippen molar-refractivity contribution in [2.24, 2.45) is 0 Å². The maximum absolute atomic E-state index is 11.9. The highest BCUT2D eigenvalue weighted by molar-refractivity contribution is 6.20. The van der Waals surface area contributed by atoms with Gasteiger partial charge in [-0.1, -0.05) is 42.5 Å². The highest BCUT2D eigenvalue weighted by Crippen LogP contribution is 2.41. The van der Waals surface area contributed by atoms with Crippen LogP contribution in [0.1, 0.15) is 10.4 Å². The molecule has 0 fully saturated rings. The van der Waals surface area contributed by atoms with Gasteiger partial charge in [-0.25, -0.2) is 0 Å². The van der Waals surface area contributed by atoms with E-state index in [4.69, 9.17) is 0 Å². The standard InChI is InChI=1S/C91H48O/c92-48-52-7-3-6-51-10-55-13-58-16-61-19-64-22-67-25-70-28-73-31-76-34-79-37-80-35-77-32-74-29-71-26-68-23-65-20-62-17-59-14-56-11-53-8-49-4-1-2-5-50(49)9-54(53)12-57(56)15-60(59)18-63(62)21-66(65)24-69(68)27-72(71)30-75(74)33-78(77)36-81(80)38-82(79)39-83(76)40-84(73)41-85(70)42-86(67)43-87(64)44-88(61)45-89(58)46-90(55)47-91(51)52/h1-48H. The zero-order valence-electron chi connectivity index (χ0n) is 49.6. The molecule has 22 aromatic rings. The van der Waals surface area contributed by atoms with E-state index < -0.39 is 0 Å². The highest BCUT2D eigenvalue weighted by atomic mass is 16.1. The number of hydrogen-bond donors (Lipinski definition) is 0. The number of carbonyl (C=O) groups is 1. The van der Waals surface area contributed by atoms with Crippen LogP contribution in [-0.2, 0) is 0 Å². The normalized spacial score (nSPS) is 12.6. The molecule has 92 heavy (non-hydrogen) atoms. The molecule has 0 spiro atoms. The second kappa shape index (κ2) is 17.6. The third kappa shape index (κ3) is 7.33. The van der Waals surface area contributed by atoms with E-state index in [-0.39, 0.29) is 0 Å². The predicted molar refractivity (Wildman–Crippen MR) is 399 cm³/mol. The van der Waals surface area contributed by atoms with Gasteiger partial charge in [-0.2, -0.15) is 0 Å². The largest absolute Gasteiger partial charge is 0.298 e. The maximum atomic E-state index is 11.9. The molecular formula is C91H48O. The molecule has 22 rings (SSSR count). The Morgan fingerprint density at radius 2 is 0.261 bits per heavy atom. The molecule has 0 amide bonds. The van der Waals surface area contributed by atoms with Crippen LogP contribution < -0.4 is 0 Å². The molecule has 0 saturated heterocycles. The van der Waals surface area contributed by atoms with Crippen molar-refractivity contribution in [2.75, 3.05) is 0 Å². The summed E-state index contributed by atoms with van der Waals surface area (Å²) >= 11 is 0. The van der Waals surface area contributed by atoms with Gasteiger partial charge < -0.3 is 0 Å². The zero-order chi connectivity index (χ0) is 59.8. The minimum Gasteiger partial charge on any atom is -0.298 e. The van der Waals surface area contributed by atoms with Crippen LogP contribution in [0.3, 0.4) is 0 Å². The molecule has 0 heterocycles. The smallest absolute Gasteiger partial charge is 0.150 e. The number of benzene rings is 22. The number of rotatable bonds is 1. The summed E-state index contributed by atoms with van der Waals surface area (Å²) in [5.41, 5.74) is 0.725. The second-order valence-electron chi connectivity index (χ2n) is 26.7. The van der Waals surface area contributed by atoms with Crippen molar-refractivity contribution in [1.82, 2.24) is 0 Å². The van der Waals surface area contributed by atoms with Crippen LogP contribution in [0.25, 0.3) is 226 Å². The molecular weight excluding hydrogens is 1110 g/mol. The molecule has 1 nitrogen and oxygen atoms in total. The van der Waals surface area contributed by atoms with Crippen LogP contribution >= 0.6 is 0 Å². The molecule has 418 valence electrons.